The highest BCUT2D eigenvalue weighted by molar-refractivity contribution is 8.00. The van der Waals surface area contributed by atoms with Crippen molar-refractivity contribution in [1.29, 1.82) is 0 Å². The summed E-state index contributed by atoms with van der Waals surface area (Å²) >= 11 is 0.0755. The fraction of sp³-hybridized carbons (Fsp3) is 1.00. The second-order valence-electron chi connectivity index (χ2n) is 4.49. The summed E-state index contributed by atoms with van der Waals surface area (Å²) in [5, 5.41) is 0. The molecule has 1 rings (SSSR count). The van der Waals surface area contributed by atoms with Crippen LogP contribution in [0.25, 0.3) is 0 Å². The van der Waals surface area contributed by atoms with Crippen molar-refractivity contribution in [1.82, 2.24) is 4.90 Å². The van der Waals surface area contributed by atoms with Gasteiger partial charge in [-0.1, -0.05) is 6.92 Å². The predicted octanol–water partition coefficient (Wildman–Crippen LogP) is 2.83. The minimum Gasteiger partial charge on any atom is -0.328 e. The molecule has 1 aliphatic carbocycles. The number of nitrogens with zero attached hydrogens (tertiary/aromatic N) is 1. The van der Waals surface area contributed by atoms with Crippen LogP contribution < -0.4 is 5.73 Å². The first-order valence-electron chi connectivity index (χ1n) is 6.12. The molecule has 102 valence electrons. The normalized spacial score (nSPS) is 26.5. The van der Waals surface area contributed by atoms with Gasteiger partial charge >= 0.3 is 5.51 Å². The molecule has 1 fully saturated rings. The zero-order valence-electron chi connectivity index (χ0n) is 10.2. The second kappa shape index (κ2) is 6.85. The van der Waals surface area contributed by atoms with Crippen molar-refractivity contribution < 1.29 is 13.2 Å². The lowest BCUT2D eigenvalue weighted by Crippen LogP contribution is -2.41. The third-order valence-electron chi connectivity index (χ3n) is 3.31. The number of alkyl halides is 3. The maximum absolute atomic E-state index is 12.0. The Kier molecular flexibility index (Phi) is 6.09. The molecule has 0 aromatic carbocycles. The van der Waals surface area contributed by atoms with E-state index >= 15 is 0 Å². The number of halogens is 3. The average Bonchev–Trinajstić information content (AvgIpc) is 2.24. The summed E-state index contributed by atoms with van der Waals surface area (Å²) in [5.41, 5.74) is 1.72. The van der Waals surface area contributed by atoms with E-state index in [1.807, 2.05) is 6.92 Å². The van der Waals surface area contributed by atoms with Crippen molar-refractivity contribution in [2.24, 2.45) is 5.73 Å². The maximum Gasteiger partial charge on any atom is 0.441 e. The predicted molar refractivity (Wildman–Crippen MR) is 66.0 cm³/mol. The van der Waals surface area contributed by atoms with E-state index in [1.54, 1.807) is 0 Å². The van der Waals surface area contributed by atoms with E-state index in [1.165, 1.54) is 0 Å². The van der Waals surface area contributed by atoms with Crippen LogP contribution in [0.15, 0.2) is 0 Å². The monoisotopic (exact) mass is 270 g/mol. The Labute approximate surface area is 105 Å². The van der Waals surface area contributed by atoms with E-state index in [4.69, 9.17) is 5.73 Å². The summed E-state index contributed by atoms with van der Waals surface area (Å²) in [6.07, 6.45) is 4.03. The molecule has 0 atom stereocenters. The quantitative estimate of drug-likeness (QED) is 0.833. The van der Waals surface area contributed by atoms with Crippen LogP contribution in [-0.2, 0) is 0 Å². The Hall–Kier alpha value is 0.0600. The first-order chi connectivity index (χ1) is 7.92. The van der Waals surface area contributed by atoms with E-state index in [-0.39, 0.29) is 23.6 Å². The highest BCUT2D eigenvalue weighted by atomic mass is 32.2. The van der Waals surface area contributed by atoms with Gasteiger partial charge < -0.3 is 5.73 Å². The number of nitrogens with two attached hydrogens (primary N) is 1. The standard InChI is InChI=1S/C11H21F3N2S/c1-2-16(7-8-17-11(12,13)14)10-5-3-9(15)4-6-10/h9-10H,2-8,15H2,1H3. The van der Waals surface area contributed by atoms with Crippen LogP contribution in [0.5, 0.6) is 0 Å². The zero-order valence-corrected chi connectivity index (χ0v) is 11.0. The van der Waals surface area contributed by atoms with Crippen molar-refractivity contribution in [2.45, 2.75) is 50.2 Å². The molecule has 0 aliphatic heterocycles. The van der Waals surface area contributed by atoms with E-state index in [0.29, 0.717) is 12.6 Å². The minimum absolute atomic E-state index is 0.0755. The molecule has 6 heteroatoms. The van der Waals surface area contributed by atoms with Gasteiger partial charge in [-0.05, 0) is 44.0 Å². The van der Waals surface area contributed by atoms with E-state index < -0.39 is 5.51 Å². The largest absolute Gasteiger partial charge is 0.441 e. The topological polar surface area (TPSA) is 29.3 Å². The molecule has 0 unspecified atom stereocenters. The number of hydrogen-bond acceptors (Lipinski definition) is 3. The number of hydrogen-bond donors (Lipinski definition) is 1. The van der Waals surface area contributed by atoms with E-state index in [2.05, 4.69) is 4.90 Å². The van der Waals surface area contributed by atoms with Crippen LogP contribution in [0, 0.1) is 0 Å². The van der Waals surface area contributed by atoms with Crippen LogP contribution >= 0.6 is 11.8 Å². The van der Waals surface area contributed by atoms with Crippen LogP contribution in [0.3, 0.4) is 0 Å². The van der Waals surface area contributed by atoms with Crippen molar-refractivity contribution in [3.05, 3.63) is 0 Å². The summed E-state index contributed by atoms with van der Waals surface area (Å²) < 4.78 is 36.1. The number of rotatable bonds is 5. The van der Waals surface area contributed by atoms with Gasteiger partial charge in [-0.3, -0.25) is 4.90 Å². The average molecular weight is 270 g/mol. The van der Waals surface area contributed by atoms with Gasteiger partial charge in [0.1, 0.15) is 0 Å². The Morgan fingerprint density at radius 2 is 1.82 bits per heavy atom. The first kappa shape index (κ1) is 15.1. The van der Waals surface area contributed by atoms with Crippen molar-refractivity contribution in [3.63, 3.8) is 0 Å². The highest BCUT2D eigenvalue weighted by Gasteiger charge is 2.29. The van der Waals surface area contributed by atoms with Crippen LogP contribution in [0.4, 0.5) is 13.2 Å². The SMILES string of the molecule is CCN(CCSC(F)(F)F)C1CCC(N)CC1. The molecule has 0 spiro atoms. The van der Waals surface area contributed by atoms with Gasteiger partial charge in [-0.15, -0.1) is 0 Å². The van der Waals surface area contributed by atoms with Crippen molar-refractivity contribution in [2.75, 3.05) is 18.8 Å². The summed E-state index contributed by atoms with van der Waals surface area (Å²) in [4.78, 5) is 2.16. The van der Waals surface area contributed by atoms with Gasteiger partial charge in [0.25, 0.3) is 0 Å². The minimum atomic E-state index is -4.10. The van der Waals surface area contributed by atoms with Gasteiger partial charge in [-0.2, -0.15) is 13.2 Å². The maximum atomic E-state index is 12.0. The fourth-order valence-electron chi connectivity index (χ4n) is 2.34. The molecular formula is C11H21F3N2S. The van der Waals surface area contributed by atoms with Gasteiger partial charge in [0, 0.05) is 24.4 Å². The van der Waals surface area contributed by atoms with Gasteiger partial charge in [-0.25, -0.2) is 0 Å². The molecule has 1 aliphatic rings. The van der Waals surface area contributed by atoms with Gasteiger partial charge in [0.2, 0.25) is 0 Å². The molecule has 2 N–H and O–H groups in total. The zero-order chi connectivity index (χ0) is 12.9. The molecule has 0 aromatic heterocycles. The fourth-order valence-corrected chi connectivity index (χ4v) is 2.90. The molecule has 0 heterocycles. The third-order valence-corrected chi connectivity index (χ3v) is 4.02. The number of thioether (sulfide) groups is 1. The van der Waals surface area contributed by atoms with Crippen LogP contribution in [0.2, 0.25) is 0 Å². The summed E-state index contributed by atoms with van der Waals surface area (Å²) in [6, 6.07) is 0.711. The van der Waals surface area contributed by atoms with Crippen LogP contribution in [-0.4, -0.2) is 41.3 Å². The lowest BCUT2D eigenvalue weighted by molar-refractivity contribution is -0.0329. The van der Waals surface area contributed by atoms with Gasteiger partial charge in [0.05, 0.1) is 0 Å². The summed E-state index contributed by atoms with van der Waals surface area (Å²) in [5.74, 6) is 0.125. The molecule has 0 radical (unpaired) electrons. The first-order valence-corrected chi connectivity index (χ1v) is 7.11. The molecule has 1 saturated carbocycles. The molecule has 0 bridgehead atoms. The summed E-state index contributed by atoms with van der Waals surface area (Å²) in [7, 11) is 0. The summed E-state index contributed by atoms with van der Waals surface area (Å²) in [6.45, 7) is 3.34. The van der Waals surface area contributed by atoms with Crippen molar-refractivity contribution in [3.8, 4) is 0 Å². The lowest BCUT2D eigenvalue weighted by atomic mass is 9.91. The Bertz CT molecular complexity index is 215. The van der Waals surface area contributed by atoms with Crippen LogP contribution in [0.1, 0.15) is 32.6 Å². The Balaban J connectivity index is 2.28. The Morgan fingerprint density at radius 1 is 1.24 bits per heavy atom. The highest BCUT2D eigenvalue weighted by Crippen LogP contribution is 2.30. The molecular weight excluding hydrogens is 249 g/mol. The van der Waals surface area contributed by atoms with Crippen molar-refractivity contribution >= 4 is 11.8 Å². The molecule has 0 saturated heterocycles. The van der Waals surface area contributed by atoms with E-state index in [9.17, 15) is 13.2 Å². The smallest absolute Gasteiger partial charge is 0.328 e. The second-order valence-corrected chi connectivity index (χ2v) is 5.65. The molecule has 17 heavy (non-hydrogen) atoms. The van der Waals surface area contributed by atoms with E-state index in [0.717, 1.165) is 32.2 Å². The van der Waals surface area contributed by atoms with Gasteiger partial charge in [0.15, 0.2) is 0 Å². The Morgan fingerprint density at radius 3 is 2.29 bits per heavy atom. The third kappa shape index (κ3) is 5.97. The lowest BCUT2D eigenvalue weighted by Gasteiger charge is -2.35. The molecule has 2 nitrogen and oxygen atoms in total. The molecule has 0 aromatic rings. The molecule has 0 amide bonds.